The summed E-state index contributed by atoms with van der Waals surface area (Å²) in [5.41, 5.74) is 5.73. The lowest BCUT2D eigenvalue weighted by atomic mass is 9.97. The lowest BCUT2D eigenvalue weighted by molar-refractivity contribution is -0.120. The largest absolute Gasteiger partial charge is 0.348 e. The Labute approximate surface area is 197 Å². The van der Waals surface area contributed by atoms with Crippen LogP contribution >= 0.6 is 0 Å². The Morgan fingerprint density at radius 2 is 1.39 bits per heavy atom. The predicted molar refractivity (Wildman–Crippen MR) is 134 cm³/mol. The fourth-order valence-electron chi connectivity index (χ4n) is 3.85. The molecule has 0 bridgehead atoms. The first-order valence-electron chi connectivity index (χ1n) is 11.1. The number of nitrogens with one attached hydrogen (secondary N) is 1. The lowest BCUT2D eigenvalue weighted by Crippen LogP contribution is -2.42. The number of carbonyl (C=O) groups is 1. The van der Waals surface area contributed by atoms with Crippen LogP contribution in [0.1, 0.15) is 47.2 Å². The summed E-state index contributed by atoms with van der Waals surface area (Å²) >= 11 is 0. The van der Waals surface area contributed by atoms with E-state index in [-0.39, 0.29) is 23.4 Å². The molecule has 0 spiro atoms. The van der Waals surface area contributed by atoms with Gasteiger partial charge in [-0.25, -0.2) is 8.42 Å². The van der Waals surface area contributed by atoms with Crippen LogP contribution in [0, 0.1) is 27.7 Å². The van der Waals surface area contributed by atoms with E-state index in [9.17, 15) is 13.2 Å². The van der Waals surface area contributed by atoms with Gasteiger partial charge in [-0.05, 0) is 69.5 Å². The van der Waals surface area contributed by atoms with Gasteiger partial charge in [-0.2, -0.15) is 0 Å². The molecule has 1 unspecified atom stereocenters. The SMILES string of the molecule is CCC(NC(=O)CN(c1ccc(C)cc1)S(=O)(=O)c1ccc(C)cc1)c1ccc(C)cc1C. The highest BCUT2D eigenvalue weighted by Crippen LogP contribution is 2.25. The van der Waals surface area contributed by atoms with Crippen LogP contribution in [0.4, 0.5) is 5.69 Å². The van der Waals surface area contributed by atoms with Crippen LogP contribution in [0.15, 0.2) is 71.6 Å². The molecular formula is C27H32N2O3S. The monoisotopic (exact) mass is 464 g/mol. The number of aryl methyl sites for hydroxylation is 4. The topological polar surface area (TPSA) is 66.5 Å². The minimum atomic E-state index is -3.93. The van der Waals surface area contributed by atoms with Crippen molar-refractivity contribution in [3.63, 3.8) is 0 Å². The summed E-state index contributed by atoms with van der Waals surface area (Å²) in [4.78, 5) is 13.3. The van der Waals surface area contributed by atoms with Gasteiger partial charge in [0.25, 0.3) is 10.0 Å². The molecule has 1 amide bonds. The first kappa shape index (κ1) is 24.5. The smallest absolute Gasteiger partial charge is 0.264 e. The van der Waals surface area contributed by atoms with Gasteiger partial charge in [0.15, 0.2) is 0 Å². The molecule has 0 fully saturated rings. The molecule has 0 aliphatic carbocycles. The van der Waals surface area contributed by atoms with Crippen molar-refractivity contribution in [3.8, 4) is 0 Å². The standard InChI is InChI=1S/C27H32N2O3S/c1-6-26(25-16-11-21(4)17-22(25)5)28-27(30)18-29(23-12-7-19(2)8-13-23)33(31,32)24-14-9-20(3)10-15-24/h7-17,26H,6,18H2,1-5H3,(H,28,30). The number of anilines is 1. The number of rotatable bonds is 8. The first-order chi connectivity index (χ1) is 15.6. The lowest BCUT2D eigenvalue weighted by Gasteiger charge is -2.26. The van der Waals surface area contributed by atoms with E-state index in [0.717, 1.165) is 27.8 Å². The third kappa shape index (κ3) is 5.82. The zero-order valence-corrected chi connectivity index (χ0v) is 20.7. The summed E-state index contributed by atoms with van der Waals surface area (Å²) in [5.74, 6) is -0.349. The number of hydrogen-bond donors (Lipinski definition) is 1. The van der Waals surface area contributed by atoms with E-state index in [2.05, 4.69) is 11.4 Å². The Bertz CT molecular complexity index is 1220. The minimum Gasteiger partial charge on any atom is -0.348 e. The third-order valence-corrected chi connectivity index (χ3v) is 7.55. The Kier molecular flexibility index (Phi) is 7.59. The molecular weight excluding hydrogens is 432 g/mol. The summed E-state index contributed by atoms with van der Waals surface area (Å²) in [5, 5.41) is 3.04. The molecule has 0 saturated carbocycles. The number of nitrogens with zero attached hydrogens (tertiary/aromatic N) is 1. The van der Waals surface area contributed by atoms with Crippen molar-refractivity contribution in [2.45, 2.75) is 52.0 Å². The Morgan fingerprint density at radius 3 is 1.94 bits per heavy atom. The molecule has 0 aliphatic heterocycles. The van der Waals surface area contributed by atoms with E-state index >= 15 is 0 Å². The van der Waals surface area contributed by atoms with Crippen molar-refractivity contribution in [2.24, 2.45) is 0 Å². The van der Waals surface area contributed by atoms with Crippen LogP contribution in [-0.4, -0.2) is 20.9 Å². The van der Waals surface area contributed by atoms with Crippen LogP contribution in [-0.2, 0) is 14.8 Å². The van der Waals surface area contributed by atoms with Crippen molar-refractivity contribution >= 4 is 21.6 Å². The Hall–Kier alpha value is -3.12. The first-order valence-corrected chi connectivity index (χ1v) is 12.6. The van der Waals surface area contributed by atoms with E-state index in [0.29, 0.717) is 12.1 Å². The second-order valence-electron chi connectivity index (χ2n) is 8.55. The summed E-state index contributed by atoms with van der Waals surface area (Å²) in [7, 11) is -3.93. The Morgan fingerprint density at radius 1 is 0.848 bits per heavy atom. The van der Waals surface area contributed by atoms with E-state index in [1.165, 1.54) is 4.31 Å². The summed E-state index contributed by atoms with van der Waals surface area (Å²) in [6.45, 7) is 9.60. The van der Waals surface area contributed by atoms with Gasteiger partial charge in [0, 0.05) is 0 Å². The number of benzene rings is 3. The van der Waals surface area contributed by atoms with Gasteiger partial charge in [0.2, 0.25) is 5.91 Å². The maximum Gasteiger partial charge on any atom is 0.264 e. The van der Waals surface area contributed by atoms with Crippen molar-refractivity contribution < 1.29 is 13.2 Å². The highest BCUT2D eigenvalue weighted by Gasteiger charge is 2.28. The van der Waals surface area contributed by atoms with Gasteiger partial charge in [-0.3, -0.25) is 9.10 Å². The van der Waals surface area contributed by atoms with Gasteiger partial charge in [-0.1, -0.05) is 66.1 Å². The molecule has 0 aliphatic rings. The van der Waals surface area contributed by atoms with Crippen molar-refractivity contribution in [1.82, 2.24) is 5.32 Å². The molecule has 6 heteroatoms. The molecule has 1 N–H and O–H groups in total. The molecule has 3 aromatic rings. The molecule has 0 saturated heterocycles. The van der Waals surface area contributed by atoms with E-state index in [1.807, 2.05) is 58.9 Å². The van der Waals surface area contributed by atoms with E-state index < -0.39 is 10.0 Å². The van der Waals surface area contributed by atoms with E-state index in [1.54, 1.807) is 36.4 Å². The Balaban J connectivity index is 1.91. The third-order valence-electron chi connectivity index (χ3n) is 5.76. The van der Waals surface area contributed by atoms with Gasteiger partial charge in [-0.15, -0.1) is 0 Å². The van der Waals surface area contributed by atoms with Crippen molar-refractivity contribution in [1.29, 1.82) is 0 Å². The quantitative estimate of drug-likeness (QED) is 0.486. The summed E-state index contributed by atoms with van der Waals surface area (Å²) in [6.07, 6.45) is 0.699. The maximum absolute atomic E-state index is 13.5. The van der Waals surface area contributed by atoms with Crippen LogP contribution in [0.2, 0.25) is 0 Å². The second-order valence-corrected chi connectivity index (χ2v) is 10.4. The number of hydrogen-bond acceptors (Lipinski definition) is 3. The highest BCUT2D eigenvalue weighted by molar-refractivity contribution is 7.92. The van der Waals surface area contributed by atoms with Crippen LogP contribution in [0.25, 0.3) is 0 Å². The number of amides is 1. The van der Waals surface area contributed by atoms with E-state index in [4.69, 9.17) is 0 Å². The molecule has 33 heavy (non-hydrogen) atoms. The van der Waals surface area contributed by atoms with Gasteiger partial charge in [0.05, 0.1) is 16.6 Å². The number of carbonyl (C=O) groups excluding carboxylic acids is 1. The van der Waals surface area contributed by atoms with Crippen molar-refractivity contribution in [2.75, 3.05) is 10.8 Å². The second kappa shape index (κ2) is 10.2. The summed E-state index contributed by atoms with van der Waals surface area (Å²) in [6, 6.07) is 19.8. The van der Waals surface area contributed by atoms with Gasteiger partial charge >= 0.3 is 0 Å². The fourth-order valence-corrected chi connectivity index (χ4v) is 5.27. The molecule has 0 radical (unpaired) electrons. The zero-order valence-electron chi connectivity index (χ0n) is 19.9. The van der Waals surface area contributed by atoms with Gasteiger partial charge in [0.1, 0.15) is 6.54 Å². The van der Waals surface area contributed by atoms with Crippen LogP contribution in [0.5, 0.6) is 0 Å². The molecule has 0 aromatic heterocycles. The minimum absolute atomic E-state index is 0.155. The molecule has 1 atom stereocenters. The molecule has 5 nitrogen and oxygen atoms in total. The maximum atomic E-state index is 13.5. The normalized spacial score (nSPS) is 12.3. The average molecular weight is 465 g/mol. The predicted octanol–water partition coefficient (Wildman–Crippen LogP) is 5.38. The average Bonchev–Trinajstić information content (AvgIpc) is 2.77. The molecule has 3 aromatic carbocycles. The zero-order chi connectivity index (χ0) is 24.2. The number of sulfonamides is 1. The highest BCUT2D eigenvalue weighted by atomic mass is 32.2. The van der Waals surface area contributed by atoms with Crippen molar-refractivity contribution in [3.05, 3.63) is 94.5 Å². The molecule has 0 heterocycles. The fraction of sp³-hybridized carbons (Fsp3) is 0.296. The van der Waals surface area contributed by atoms with Crippen LogP contribution < -0.4 is 9.62 Å². The molecule has 3 rings (SSSR count). The summed E-state index contributed by atoms with van der Waals surface area (Å²) < 4.78 is 28.2. The van der Waals surface area contributed by atoms with Crippen LogP contribution in [0.3, 0.4) is 0 Å². The molecule has 174 valence electrons. The van der Waals surface area contributed by atoms with Gasteiger partial charge < -0.3 is 5.32 Å².